The van der Waals surface area contributed by atoms with Crippen LogP contribution in [0.2, 0.25) is 5.02 Å². The Morgan fingerprint density at radius 1 is 1.03 bits per heavy atom. The fourth-order valence-electron chi connectivity index (χ4n) is 3.70. The first-order chi connectivity index (χ1) is 15.7. The Balaban J connectivity index is 1.63. The highest BCUT2D eigenvalue weighted by Gasteiger charge is 2.18. The number of nitrogens with zero attached hydrogens (tertiary/aromatic N) is 1. The number of rotatable bonds is 6. The Labute approximate surface area is 193 Å². The number of carbonyl (C=O) groups is 2. The lowest BCUT2D eigenvalue weighted by Crippen LogP contribution is -2.26. The third-order valence-corrected chi connectivity index (χ3v) is 5.73. The molecule has 8 heteroatoms. The second-order valence-electron chi connectivity index (χ2n) is 7.69. The van der Waals surface area contributed by atoms with E-state index in [1.165, 1.54) is 30.3 Å². The van der Waals surface area contributed by atoms with E-state index in [0.29, 0.717) is 22.0 Å². The maximum Gasteiger partial charge on any atom is 0.352 e. The molecule has 0 fully saturated rings. The number of fused-ring (bicyclic) bond motifs is 1. The van der Waals surface area contributed by atoms with Crippen LogP contribution < -0.4 is 5.32 Å². The number of aromatic carboxylic acids is 1. The molecule has 0 bridgehead atoms. The number of carboxylic acids is 1. The smallest absolute Gasteiger partial charge is 0.352 e. The van der Waals surface area contributed by atoms with Crippen molar-refractivity contribution in [3.63, 3.8) is 0 Å². The molecule has 168 valence electrons. The summed E-state index contributed by atoms with van der Waals surface area (Å²) < 4.78 is 28.5. The van der Waals surface area contributed by atoms with Crippen LogP contribution in [0.15, 0.2) is 66.7 Å². The summed E-state index contributed by atoms with van der Waals surface area (Å²) >= 11 is 5.74. The van der Waals surface area contributed by atoms with Crippen molar-refractivity contribution in [2.75, 3.05) is 0 Å². The van der Waals surface area contributed by atoms with Gasteiger partial charge < -0.3 is 15.0 Å². The van der Waals surface area contributed by atoms with Gasteiger partial charge in [-0.3, -0.25) is 4.79 Å². The van der Waals surface area contributed by atoms with E-state index in [4.69, 9.17) is 11.6 Å². The monoisotopic (exact) mass is 468 g/mol. The molecule has 4 aromatic rings. The normalized spacial score (nSPS) is 12.0. The second kappa shape index (κ2) is 9.03. The lowest BCUT2D eigenvalue weighted by molar-refractivity contribution is 0.0686. The number of carbonyl (C=O) groups excluding carboxylic acids is 1. The quantitative estimate of drug-likeness (QED) is 0.375. The molecule has 0 radical (unpaired) electrons. The summed E-state index contributed by atoms with van der Waals surface area (Å²) in [4.78, 5) is 24.6. The van der Waals surface area contributed by atoms with Crippen molar-refractivity contribution < 1.29 is 23.5 Å². The first-order valence-electron chi connectivity index (χ1n) is 10.1. The van der Waals surface area contributed by atoms with Crippen LogP contribution >= 0.6 is 11.6 Å². The molecule has 0 aliphatic rings. The van der Waals surface area contributed by atoms with Crippen molar-refractivity contribution in [3.8, 4) is 0 Å². The van der Waals surface area contributed by atoms with E-state index in [0.717, 1.165) is 5.56 Å². The van der Waals surface area contributed by atoms with Crippen LogP contribution in [0.1, 0.15) is 44.9 Å². The molecule has 0 saturated carbocycles. The van der Waals surface area contributed by atoms with Gasteiger partial charge in [0.05, 0.1) is 11.1 Å². The molecule has 2 N–H and O–H groups in total. The summed E-state index contributed by atoms with van der Waals surface area (Å²) in [5.41, 5.74) is 2.25. The lowest BCUT2D eigenvalue weighted by Gasteiger charge is -2.14. The summed E-state index contributed by atoms with van der Waals surface area (Å²) in [6.07, 6.45) is 0. The Morgan fingerprint density at radius 3 is 2.42 bits per heavy atom. The van der Waals surface area contributed by atoms with Crippen molar-refractivity contribution in [2.24, 2.45) is 0 Å². The van der Waals surface area contributed by atoms with Crippen LogP contribution in [0, 0.1) is 11.6 Å². The molecule has 4 rings (SSSR count). The van der Waals surface area contributed by atoms with Gasteiger partial charge in [0.1, 0.15) is 17.3 Å². The van der Waals surface area contributed by atoms with Crippen LogP contribution in [-0.4, -0.2) is 21.6 Å². The molecule has 3 aromatic carbocycles. The van der Waals surface area contributed by atoms with Crippen LogP contribution in [-0.2, 0) is 6.54 Å². The topological polar surface area (TPSA) is 71.3 Å². The first-order valence-corrected chi connectivity index (χ1v) is 10.5. The van der Waals surface area contributed by atoms with Gasteiger partial charge in [-0.2, -0.15) is 0 Å². The molecule has 0 saturated heterocycles. The number of amides is 1. The standard InChI is InChI=1S/C25H19ClF2N2O3/c1-14(16-3-6-19(27)7-4-16)29-24(31)17-5-9-22-18(11-17)12-23(25(32)33)30(22)13-15-2-8-20(26)21(28)10-15/h2-12,14H,13H2,1H3,(H,29,31)(H,32,33)/t14-/m0/s1. The zero-order valence-electron chi connectivity index (χ0n) is 17.5. The Kier molecular flexibility index (Phi) is 6.16. The maximum absolute atomic E-state index is 13.8. The predicted molar refractivity (Wildman–Crippen MR) is 122 cm³/mol. The number of halogens is 3. The Hall–Kier alpha value is -3.71. The zero-order valence-corrected chi connectivity index (χ0v) is 18.2. The SMILES string of the molecule is C[C@H](NC(=O)c1ccc2c(c1)cc(C(=O)O)n2Cc1ccc(Cl)c(F)c1)c1ccc(F)cc1. The average molecular weight is 469 g/mol. The number of hydrogen-bond acceptors (Lipinski definition) is 2. The lowest BCUT2D eigenvalue weighted by atomic mass is 10.1. The van der Waals surface area contributed by atoms with Gasteiger partial charge in [-0.25, -0.2) is 13.6 Å². The summed E-state index contributed by atoms with van der Waals surface area (Å²) in [6, 6.07) is 16.1. The van der Waals surface area contributed by atoms with Crippen molar-refractivity contribution in [1.29, 1.82) is 0 Å². The fraction of sp³-hybridized carbons (Fsp3) is 0.120. The van der Waals surface area contributed by atoms with Crippen molar-refractivity contribution in [2.45, 2.75) is 19.5 Å². The summed E-state index contributed by atoms with van der Waals surface area (Å²) in [7, 11) is 0. The van der Waals surface area contributed by atoms with E-state index in [-0.39, 0.29) is 35.0 Å². The Morgan fingerprint density at radius 2 is 1.76 bits per heavy atom. The van der Waals surface area contributed by atoms with Gasteiger partial charge in [-0.15, -0.1) is 0 Å². The minimum atomic E-state index is -1.14. The van der Waals surface area contributed by atoms with Gasteiger partial charge in [0.15, 0.2) is 0 Å². The van der Waals surface area contributed by atoms with Crippen molar-refractivity contribution >= 4 is 34.4 Å². The average Bonchev–Trinajstić information content (AvgIpc) is 3.14. The number of aromatic nitrogens is 1. The van der Waals surface area contributed by atoms with Gasteiger partial charge in [-0.1, -0.05) is 29.8 Å². The molecule has 0 spiro atoms. The summed E-state index contributed by atoms with van der Waals surface area (Å²) in [5.74, 6) is -2.44. The molecule has 33 heavy (non-hydrogen) atoms. The third-order valence-electron chi connectivity index (χ3n) is 5.42. The van der Waals surface area contributed by atoms with Gasteiger partial charge in [0.25, 0.3) is 5.91 Å². The largest absolute Gasteiger partial charge is 0.477 e. The van der Waals surface area contributed by atoms with Gasteiger partial charge in [0.2, 0.25) is 0 Å². The van der Waals surface area contributed by atoms with E-state index in [1.807, 2.05) is 0 Å². The molecule has 5 nitrogen and oxygen atoms in total. The molecule has 0 unspecified atom stereocenters. The highest BCUT2D eigenvalue weighted by atomic mass is 35.5. The van der Waals surface area contributed by atoms with E-state index >= 15 is 0 Å². The maximum atomic E-state index is 13.8. The number of hydrogen-bond donors (Lipinski definition) is 2. The third kappa shape index (κ3) is 4.73. The van der Waals surface area contributed by atoms with E-state index in [1.54, 1.807) is 47.9 Å². The van der Waals surface area contributed by atoms with Crippen molar-refractivity contribution in [1.82, 2.24) is 9.88 Å². The highest BCUT2D eigenvalue weighted by Crippen LogP contribution is 2.25. The van der Waals surface area contributed by atoms with E-state index in [9.17, 15) is 23.5 Å². The van der Waals surface area contributed by atoms with Crippen LogP contribution in [0.5, 0.6) is 0 Å². The van der Waals surface area contributed by atoms with Crippen molar-refractivity contribution in [3.05, 3.63) is 106 Å². The zero-order chi connectivity index (χ0) is 23.7. The van der Waals surface area contributed by atoms with Crippen LogP contribution in [0.4, 0.5) is 8.78 Å². The second-order valence-corrected chi connectivity index (χ2v) is 8.10. The van der Waals surface area contributed by atoms with Gasteiger partial charge >= 0.3 is 5.97 Å². The van der Waals surface area contributed by atoms with E-state index in [2.05, 4.69) is 5.32 Å². The minimum absolute atomic E-state index is 0.0117. The number of nitrogens with one attached hydrogen (secondary N) is 1. The summed E-state index contributed by atoms with van der Waals surface area (Å²) in [6.45, 7) is 1.90. The van der Waals surface area contributed by atoms with Gasteiger partial charge in [-0.05, 0) is 66.6 Å². The van der Waals surface area contributed by atoms with Crippen LogP contribution in [0.3, 0.4) is 0 Å². The molecule has 1 atom stereocenters. The molecule has 1 aromatic heterocycles. The highest BCUT2D eigenvalue weighted by molar-refractivity contribution is 6.30. The Bertz CT molecular complexity index is 1370. The minimum Gasteiger partial charge on any atom is -0.477 e. The first kappa shape index (κ1) is 22.5. The molecular formula is C25H19ClF2N2O3. The van der Waals surface area contributed by atoms with Gasteiger partial charge in [0, 0.05) is 23.0 Å². The molecular weight excluding hydrogens is 450 g/mol. The number of carboxylic acid groups (broad SMARTS) is 1. The molecule has 1 heterocycles. The molecule has 0 aliphatic carbocycles. The molecule has 1 amide bonds. The molecule has 0 aliphatic heterocycles. The van der Waals surface area contributed by atoms with Crippen LogP contribution in [0.25, 0.3) is 10.9 Å². The summed E-state index contributed by atoms with van der Waals surface area (Å²) in [5, 5.41) is 13.1. The number of benzene rings is 3. The van der Waals surface area contributed by atoms with E-state index < -0.39 is 11.8 Å². The predicted octanol–water partition coefficient (Wildman–Crippen LogP) is 5.81. The fourth-order valence-corrected chi connectivity index (χ4v) is 3.81.